The van der Waals surface area contributed by atoms with Crippen molar-refractivity contribution >= 4 is 11.9 Å². The van der Waals surface area contributed by atoms with Crippen molar-refractivity contribution in [1.82, 2.24) is 0 Å². The van der Waals surface area contributed by atoms with Crippen LogP contribution in [0.2, 0.25) is 0 Å². The molecule has 0 bridgehead atoms. The minimum absolute atomic E-state index is 0.0137. The smallest absolute Gasteiger partial charge is 0.302 e. The fraction of sp³-hybridized carbons (Fsp3) is 0.833. The van der Waals surface area contributed by atoms with Gasteiger partial charge in [-0.3, -0.25) is 9.59 Å². The lowest BCUT2D eigenvalue weighted by atomic mass is 10.1. The first-order valence-corrected chi connectivity index (χ1v) is 5.86. The zero-order valence-corrected chi connectivity index (χ0v) is 10.5. The largest absolute Gasteiger partial charge is 0.466 e. The monoisotopic (exact) mass is 230 g/mol. The van der Waals surface area contributed by atoms with E-state index in [0.29, 0.717) is 6.61 Å². The standard InChI is InChI=1S/C12H22O4/c1-4-7-12(16-11(3)14)8-5-6-9-15-10(2)13/h12H,4-9H2,1-3H3. The molecule has 0 aliphatic rings. The first-order valence-electron chi connectivity index (χ1n) is 5.86. The van der Waals surface area contributed by atoms with Crippen LogP contribution in [-0.2, 0) is 19.1 Å². The van der Waals surface area contributed by atoms with Gasteiger partial charge in [0.15, 0.2) is 0 Å². The lowest BCUT2D eigenvalue weighted by Gasteiger charge is -2.15. The first-order chi connectivity index (χ1) is 7.56. The highest BCUT2D eigenvalue weighted by atomic mass is 16.5. The van der Waals surface area contributed by atoms with Gasteiger partial charge in [0.05, 0.1) is 6.61 Å². The molecule has 0 radical (unpaired) electrons. The van der Waals surface area contributed by atoms with Crippen LogP contribution >= 0.6 is 0 Å². The molecule has 0 fully saturated rings. The van der Waals surface area contributed by atoms with Gasteiger partial charge in [-0.1, -0.05) is 13.3 Å². The summed E-state index contributed by atoms with van der Waals surface area (Å²) in [6.45, 7) is 5.35. The maximum atomic E-state index is 10.8. The summed E-state index contributed by atoms with van der Waals surface area (Å²) in [5.74, 6) is -0.469. The SMILES string of the molecule is CCCC(CCCCOC(C)=O)OC(C)=O. The van der Waals surface area contributed by atoms with Gasteiger partial charge in [-0.15, -0.1) is 0 Å². The van der Waals surface area contributed by atoms with Crippen molar-refractivity contribution in [3.63, 3.8) is 0 Å². The highest BCUT2D eigenvalue weighted by Gasteiger charge is 2.10. The molecule has 0 aromatic heterocycles. The summed E-state index contributed by atoms with van der Waals surface area (Å²) in [5.41, 5.74) is 0. The Labute approximate surface area is 97.3 Å². The zero-order valence-electron chi connectivity index (χ0n) is 10.5. The van der Waals surface area contributed by atoms with Crippen molar-refractivity contribution in [1.29, 1.82) is 0 Å². The van der Waals surface area contributed by atoms with Crippen LogP contribution in [0.3, 0.4) is 0 Å². The summed E-state index contributed by atoms with van der Waals surface area (Å²) < 4.78 is 9.99. The molecule has 1 unspecified atom stereocenters. The summed E-state index contributed by atoms with van der Waals surface area (Å²) in [4.78, 5) is 21.3. The number of hydrogen-bond acceptors (Lipinski definition) is 4. The Balaban J connectivity index is 3.59. The van der Waals surface area contributed by atoms with Crippen LogP contribution in [0, 0.1) is 0 Å². The molecule has 0 heterocycles. The van der Waals surface area contributed by atoms with Crippen molar-refractivity contribution in [3.8, 4) is 0 Å². The number of rotatable bonds is 8. The summed E-state index contributed by atoms with van der Waals surface area (Å²) in [6.07, 6.45) is 4.48. The molecule has 4 nitrogen and oxygen atoms in total. The Hall–Kier alpha value is -1.06. The van der Waals surface area contributed by atoms with Crippen LogP contribution in [0.5, 0.6) is 0 Å². The van der Waals surface area contributed by atoms with E-state index in [0.717, 1.165) is 32.1 Å². The fourth-order valence-corrected chi connectivity index (χ4v) is 1.51. The Morgan fingerprint density at radius 2 is 1.75 bits per heavy atom. The number of unbranched alkanes of at least 4 members (excludes halogenated alkanes) is 1. The second-order valence-electron chi connectivity index (χ2n) is 3.86. The zero-order chi connectivity index (χ0) is 12.4. The van der Waals surface area contributed by atoms with Gasteiger partial charge in [0.25, 0.3) is 0 Å². The highest BCUT2D eigenvalue weighted by molar-refractivity contribution is 5.66. The van der Waals surface area contributed by atoms with Crippen LogP contribution in [0.1, 0.15) is 52.9 Å². The van der Waals surface area contributed by atoms with Crippen LogP contribution in [0.15, 0.2) is 0 Å². The lowest BCUT2D eigenvalue weighted by Crippen LogP contribution is -2.16. The third-order valence-corrected chi connectivity index (χ3v) is 2.17. The second-order valence-corrected chi connectivity index (χ2v) is 3.86. The van der Waals surface area contributed by atoms with Crippen LogP contribution in [0.25, 0.3) is 0 Å². The van der Waals surface area contributed by atoms with Gasteiger partial charge < -0.3 is 9.47 Å². The van der Waals surface area contributed by atoms with Gasteiger partial charge >= 0.3 is 11.9 Å². The quantitative estimate of drug-likeness (QED) is 0.475. The van der Waals surface area contributed by atoms with Crippen molar-refractivity contribution < 1.29 is 19.1 Å². The summed E-state index contributed by atoms with van der Waals surface area (Å²) in [6, 6.07) is 0. The van der Waals surface area contributed by atoms with E-state index in [-0.39, 0.29) is 18.0 Å². The Morgan fingerprint density at radius 1 is 1.06 bits per heavy atom. The number of ether oxygens (including phenoxy) is 2. The molecule has 0 aromatic carbocycles. The first kappa shape index (κ1) is 14.9. The van der Waals surface area contributed by atoms with E-state index in [1.807, 2.05) is 0 Å². The molecule has 0 saturated carbocycles. The van der Waals surface area contributed by atoms with Gasteiger partial charge in [-0.05, 0) is 25.7 Å². The second kappa shape index (κ2) is 9.19. The Bertz CT molecular complexity index is 213. The van der Waals surface area contributed by atoms with Gasteiger partial charge in [-0.2, -0.15) is 0 Å². The number of esters is 2. The minimum Gasteiger partial charge on any atom is -0.466 e. The molecule has 0 spiro atoms. The molecule has 0 aliphatic carbocycles. The third kappa shape index (κ3) is 9.49. The number of carbonyl (C=O) groups excluding carboxylic acids is 2. The molecule has 16 heavy (non-hydrogen) atoms. The average molecular weight is 230 g/mol. The van der Waals surface area contributed by atoms with E-state index < -0.39 is 0 Å². The van der Waals surface area contributed by atoms with Crippen molar-refractivity contribution in [2.75, 3.05) is 6.61 Å². The fourth-order valence-electron chi connectivity index (χ4n) is 1.51. The maximum Gasteiger partial charge on any atom is 0.302 e. The highest BCUT2D eigenvalue weighted by Crippen LogP contribution is 2.11. The van der Waals surface area contributed by atoms with Gasteiger partial charge in [0, 0.05) is 13.8 Å². The predicted molar refractivity (Wildman–Crippen MR) is 60.9 cm³/mol. The summed E-state index contributed by atoms with van der Waals surface area (Å²) in [5, 5.41) is 0. The van der Waals surface area contributed by atoms with Crippen molar-refractivity contribution in [2.45, 2.75) is 59.0 Å². The van der Waals surface area contributed by atoms with Crippen LogP contribution in [0.4, 0.5) is 0 Å². The van der Waals surface area contributed by atoms with E-state index in [2.05, 4.69) is 6.92 Å². The molecule has 0 N–H and O–H groups in total. The lowest BCUT2D eigenvalue weighted by molar-refractivity contribution is -0.147. The van der Waals surface area contributed by atoms with Gasteiger partial charge in [0.2, 0.25) is 0 Å². The molecule has 0 rings (SSSR count). The van der Waals surface area contributed by atoms with Gasteiger partial charge in [-0.25, -0.2) is 0 Å². The topological polar surface area (TPSA) is 52.6 Å². The molecular weight excluding hydrogens is 208 g/mol. The maximum absolute atomic E-state index is 10.8. The molecule has 0 amide bonds. The Morgan fingerprint density at radius 3 is 2.25 bits per heavy atom. The molecule has 0 saturated heterocycles. The Kier molecular flexibility index (Phi) is 8.58. The third-order valence-electron chi connectivity index (χ3n) is 2.17. The average Bonchev–Trinajstić information content (AvgIpc) is 2.16. The minimum atomic E-state index is -0.245. The predicted octanol–water partition coefficient (Wildman–Crippen LogP) is 2.45. The van der Waals surface area contributed by atoms with E-state index in [9.17, 15) is 9.59 Å². The van der Waals surface area contributed by atoms with E-state index in [1.54, 1.807) is 0 Å². The van der Waals surface area contributed by atoms with E-state index in [1.165, 1.54) is 13.8 Å². The summed E-state index contributed by atoms with van der Waals surface area (Å²) in [7, 11) is 0. The normalized spacial score (nSPS) is 11.9. The molecule has 0 aliphatic heterocycles. The molecule has 1 atom stereocenters. The van der Waals surface area contributed by atoms with E-state index >= 15 is 0 Å². The van der Waals surface area contributed by atoms with Gasteiger partial charge in [0.1, 0.15) is 6.10 Å². The van der Waals surface area contributed by atoms with Crippen molar-refractivity contribution in [3.05, 3.63) is 0 Å². The number of hydrogen-bond donors (Lipinski definition) is 0. The van der Waals surface area contributed by atoms with Crippen LogP contribution in [-0.4, -0.2) is 24.6 Å². The summed E-state index contributed by atoms with van der Waals surface area (Å²) >= 11 is 0. The van der Waals surface area contributed by atoms with Crippen LogP contribution < -0.4 is 0 Å². The molecule has 94 valence electrons. The molecular formula is C12H22O4. The van der Waals surface area contributed by atoms with E-state index in [4.69, 9.17) is 9.47 Å². The number of carbonyl (C=O) groups is 2. The molecule has 0 aromatic rings. The van der Waals surface area contributed by atoms with Crippen molar-refractivity contribution in [2.24, 2.45) is 0 Å². The molecule has 4 heteroatoms.